The maximum atomic E-state index is 11.3. The van der Waals surface area contributed by atoms with Crippen LogP contribution in [0, 0.1) is 0 Å². The second kappa shape index (κ2) is 6.23. The zero-order chi connectivity index (χ0) is 17.3. The quantitative estimate of drug-likeness (QED) is 0.872. The summed E-state index contributed by atoms with van der Waals surface area (Å²) in [5, 5.41) is 3.26. The van der Waals surface area contributed by atoms with Gasteiger partial charge in [0.15, 0.2) is 0 Å². The highest BCUT2D eigenvalue weighted by molar-refractivity contribution is 7.92. The molecule has 1 atom stereocenters. The third-order valence-electron chi connectivity index (χ3n) is 3.18. The van der Waals surface area contributed by atoms with Crippen molar-refractivity contribution in [3.63, 3.8) is 0 Å². The SMILES string of the molecule is CC(Nc1cccc(NS(C)(=O)=O)c1)c1ncc(C(C)(C)C)o1. The number of aromatic nitrogens is 1. The predicted octanol–water partition coefficient (Wildman–Crippen LogP) is 3.52. The first-order valence-electron chi connectivity index (χ1n) is 7.35. The van der Waals surface area contributed by atoms with Crippen LogP contribution in [0.5, 0.6) is 0 Å². The van der Waals surface area contributed by atoms with Crippen molar-refractivity contribution in [1.29, 1.82) is 0 Å². The molecule has 126 valence electrons. The van der Waals surface area contributed by atoms with E-state index in [9.17, 15) is 8.42 Å². The third kappa shape index (κ3) is 4.99. The van der Waals surface area contributed by atoms with Crippen molar-refractivity contribution >= 4 is 21.4 Å². The van der Waals surface area contributed by atoms with Gasteiger partial charge in [-0.05, 0) is 25.1 Å². The number of oxazole rings is 1. The minimum atomic E-state index is -3.30. The van der Waals surface area contributed by atoms with E-state index in [0.29, 0.717) is 11.6 Å². The van der Waals surface area contributed by atoms with Crippen LogP contribution in [0.4, 0.5) is 11.4 Å². The van der Waals surface area contributed by atoms with Crippen molar-refractivity contribution in [2.24, 2.45) is 0 Å². The van der Waals surface area contributed by atoms with Gasteiger partial charge in [-0.1, -0.05) is 26.8 Å². The second-order valence-electron chi connectivity index (χ2n) is 6.63. The van der Waals surface area contributed by atoms with E-state index < -0.39 is 10.0 Å². The van der Waals surface area contributed by atoms with Gasteiger partial charge in [-0.3, -0.25) is 4.72 Å². The topological polar surface area (TPSA) is 84.2 Å². The zero-order valence-corrected chi connectivity index (χ0v) is 14.9. The Hall–Kier alpha value is -2.02. The maximum absolute atomic E-state index is 11.3. The van der Waals surface area contributed by atoms with Gasteiger partial charge in [-0.2, -0.15) is 0 Å². The van der Waals surface area contributed by atoms with Crippen molar-refractivity contribution < 1.29 is 12.8 Å². The van der Waals surface area contributed by atoms with Crippen LogP contribution in [-0.4, -0.2) is 19.7 Å². The van der Waals surface area contributed by atoms with Crippen LogP contribution in [0.3, 0.4) is 0 Å². The van der Waals surface area contributed by atoms with Crippen LogP contribution in [0.1, 0.15) is 45.4 Å². The lowest BCUT2D eigenvalue weighted by molar-refractivity contribution is 0.374. The average molecular weight is 337 g/mol. The Morgan fingerprint density at radius 2 is 1.87 bits per heavy atom. The van der Waals surface area contributed by atoms with Gasteiger partial charge in [0.2, 0.25) is 15.9 Å². The van der Waals surface area contributed by atoms with Crippen LogP contribution in [0.25, 0.3) is 0 Å². The van der Waals surface area contributed by atoms with Gasteiger partial charge in [0.05, 0.1) is 18.1 Å². The number of hydrogen-bond acceptors (Lipinski definition) is 5. The summed E-state index contributed by atoms with van der Waals surface area (Å²) in [6.07, 6.45) is 2.87. The average Bonchev–Trinajstić information content (AvgIpc) is 2.86. The Kier molecular flexibility index (Phi) is 4.70. The molecule has 0 saturated carbocycles. The molecule has 7 heteroatoms. The zero-order valence-electron chi connectivity index (χ0n) is 14.0. The minimum Gasteiger partial charge on any atom is -0.443 e. The Morgan fingerprint density at radius 3 is 2.43 bits per heavy atom. The number of hydrogen-bond donors (Lipinski definition) is 2. The number of nitrogens with one attached hydrogen (secondary N) is 2. The van der Waals surface area contributed by atoms with Gasteiger partial charge < -0.3 is 9.73 Å². The molecule has 6 nitrogen and oxygen atoms in total. The van der Waals surface area contributed by atoms with E-state index in [1.165, 1.54) is 0 Å². The van der Waals surface area contributed by atoms with E-state index >= 15 is 0 Å². The highest BCUT2D eigenvalue weighted by atomic mass is 32.2. The van der Waals surface area contributed by atoms with Crippen molar-refractivity contribution in [3.05, 3.63) is 42.1 Å². The van der Waals surface area contributed by atoms with Gasteiger partial charge in [-0.25, -0.2) is 13.4 Å². The van der Waals surface area contributed by atoms with Crippen LogP contribution >= 0.6 is 0 Å². The summed E-state index contributed by atoms with van der Waals surface area (Å²) in [5.41, 5.74) is 1.19. The third-order valence-corrected chi connectivity index (χ3v) is 3.79. The Morgan fingerprint density at radius 1 is 1.22 bits per heavy atom. The number of benzene rings is 1. The normalized spacial score (nSPS) is 13.6. The molecule has 2 rings (SSSR count). The molecule has 1 aromatic heterocycles. The molecular formula is C16H23N3O3S. The van der Waals surface area contributed by atoms with E-state index in [2.05, 4.69) is 35.8 Å². The molecule has 1 unspecified atom stereocenters. The van der Waals surface area contributed by atoms with Crippen molar-refractivity contribution in [2.75, 3.05) is 16.3 Å². The van der Waals surface area contributed by atoms with Gasteiger partial charge in [0, 0.05) is 11.1 Å². The standard InChI is InChI=1S/C16H23N3O3S/c1-11(15-17-10-14(22-15)16(2,3)4)18-12-7-6-8-13(9-12)19-23(5,20)21/h6-11,18-19H,1-5H3. The fraction of sp³-hybridized carbons (Fsp3) is 0.438. The first-order chi connectivity index (χ1) is 10.5. The molecule has 0 spiro atoms. The smallest absolute Gasteiger partial charge is 0.229 e. The van der Waals surface area contributed by atoms with E-state index in [-0.39, 0.29) is 11.5 Å². The molecule has 0 bridgehead atoms. The summed E-state index contributed by atoms with van der Waals surface area (Å²) in [5.74, 6) is 1.42. The first kappa shape index (κ1) is 17.3. The molecule has 1 aromatic carbocycles. The summed E-state index contributed by atoms with van der Waals surface area (Å²) in [6, 6.07) is 6.92. The highest BCUT2D eigenvalue weighted by Gasteiger charge is 2.21. The van der Waals surface area contributed by atoms with Gasteiger partial charge >= 0.3 is 0 Å². The summed E-state index contributed by atoms with van der Waals surface area (Å²) in [7, 11) is -3.30. The molecular weight excluding hydrogens is 314 g/mol. The predicted molar refractivity (Wildman–Crippen MR) is 92.1 cm³/mol. The molecule has 0 fully saturated rings. The monoisotopic (exact) mass is 337 g/mol. The second-order valence-corrected chi connectivity index (χ2v) is 8.38. The molecule has 2 N–H and O–H groups in total. The summed E-state index contributed by atoms with van der Waals surface area (Å²) in [6.45, 7) is 8.14. The van der Waals surface area contributed by atoms with Gasteiger partial charge in [0.25, 0.3) is 0 Å². The molecule has 2 aromatic rings. The number of sulfonamides is 1. The van der Waals surface area contributed by atoms with E-state index in [1.54, 1.807) is 24.4 Å². The fourth-order valence-electron chi connectivity index (χ4n) is 2.03. The lowest BCUT2D eigenvalue weighted by Crippen LogP contribution is -2.11. The molecule has 0 amide bonds. The Bertz CT molecular complexity index is 776. The molecule has 0 aliphatic carbocycles. The lowest BCUT2D eigenvalue weighted by Gasteiger charge is -2.15. The summed E-state index contributed by atoms with van der Waals surface area (Å²) in [4.78, 5) is 4.32. The molecule has 0 radical (unpaired) electrons. The van der Waals surface area contributed by atoms with Gasteiger partial charge in [-0.15, -0.1) is 0 Å². The summed E-state index contributed by atoms with van der Waals surface area (Å²) >= 11 is 0. The highest BCUT2D eigenvalue weighted by Crippen LogP contribution is 2.27. The maximum Gasteiger partial charge on any atom is 0.229 e. The lowest BCUT2D eigenvalue weighted by atomic mass is 9.94. The number of nitrogens with zero attached hydrogens (tertiary/aromatic N) is 1. The van der Waals surface area contributed by atoms with E-state index in [1.807, 2.05) is 13.0 Å². The Labute approximate surface area is 137 Å². The van der Waals surface area contributed by atoms with Crippen LogP contribution in [0.2, 0.25) is 0 Å². The van der Waals surface area contributed by atoms with Crippen molar-refractivity contribution in [2.45, 2.75) is 39.2 Å². The summed E-state index contributed by atoms with van der Waals surface area (Å²) < 4.78 is 30.9. The number of anilines is 2. The molecule has 0 saturated heterocycles. The molecule has 1 heterocycles. The van der Waals surface area contributed by atoms with Crippen LogP contribution < -0.4 is 10.0 Å². The van der Waals surface area contributed by atoms with E-state index in [4.69, 9.17) is 4.42 Å². The first-order valence-corrected chi connectivity index (χ1v) is 9.24. The minimum absolute atomic E-state index is 0.0930. The largest absolute Gasteiger partial charge is 0.443 e. The van der Waals surface area contributed by atoms with Crippen LogP contribution in [0.15, 0.2) is 34.9 Å². The van der Waals surface area contributed by atoms with Gasteiger partial charge in [0.1, 0.15) is 11.8 Å². The van der Waals surface area contributed by atoms with E-state index in [0.717, 1.165) is 17.7 Å². The molecule has 0 aliphatic heterocycles. The van der Waals surface area contributed by atoms with Crippen molar-refractivity contribution in [1.82, 2.24) is 4.98 Å². The molecule has 23 heavy (non-hydrogen) atoms. The Balaban J connectivity index is 2.12. The fourth-order valence-corrected chi connectivity index (χ4v) is 2.59. The van der Waals surface area contributed by atoms with Crippen molar-refractivity contribution in [3.8, 4) is 0 Å². The van der Waals surface area contributed by atoms with Crippen LogP contribution in [-0.2, 0) is 15.4 Å². The molecule has 0 aliphatic rings. The number of rotatable bonds is 5.